The van der Waals surface area contributed by atoms with E-state index in [1.54, 1.807) is 0 Å². The summed E-state index contributed by atoms with van der Waals surface area (Å²) in [5.74, 6) is 0.233. The molecule has 0 radical (unpaired) electrons. The highest BCUT2D eigenvalue weighted by Crippen LogP contribution is 2.53. The summed E-state index contributed by atoms with van der Waals surface area (Å²) >= 11 is 6.21. The Morgan fingerprint density at radius 3 is 2.72 bits per heavy atom. The largest absolute Gasteiger partial charge is 0.343 e. The van der Waals surface area contributed by atoms with Crippen LogP contribution < -0.4 is 4.90 Å². The number of benzene rings is 2. The van der Waals surface area contributed by atoms with Crippen molar-refractivity contribution in [2.75, 3.05) is 4.90 Å². The van der Waals surface area contributed by atoms with Gasteiger partial charge in [0.15, 0.2) is 0 Å². The van der Waals surface area contributed by atoms with Gasteiger partial charge in [-0.1, -0.05) is 36.2 Å². The summed E-state index contributed by atoms with van der Waals surface area (Å²) in [7, 11) is 0. The number of hydrogen-bond acceptors (Lipinski definition) is 2. The first kappa shape index (κ1) is 18.3. The third kappa shape index (κ3) is 2.76. The molecule has 0 N–H and O–H groups in total. The molecule has 146 valence electrons. The molecule has 5 rings (SSSR count). The molecule has 1 saturated carbocycles. The number of anilines is 1. The van der Waals surface area contributed by atoms with E-state index in [1.165, 1.54) is 5.56 Å². The Bertz CT molecular complexity index is 1150. The zero-order valence-corrected chi connectivity index (χ0v) is 17.0. The van der Waals surface area contributed by atoms with Gasteiger partial charge >= 0.3 is 0 Å². The number of aromatic nitrogens is 1. The van der Waals surface area contributed by atoms with Crippen molar-refractivity contribution in [3.8, 4) is 6.07 Å². The van der Waals surface area contributed by atoms with Crippen LogP contribution in [0.4, 0.5) is 5.69 Å². The Hall–Kier alpha value is -2.77. The quantitative estimate of drug-likeness (QED) is 0.523. The van der Waals surface area contributed by atoms with Crippen molar-refractivity contribution in [1.82, 2.24) is 4.57 Å². The van der Waals surface area contributed by atoms with E-state index in [2.05, 4.69) is 28.8 Å². The van der Waals surface area contributed by atoms with E-state index >= 15 is 0 Å². The molecule has 1 aliphatic heterocycles. The zero-order chi connectivity index (χ0) is 20.0. The number of hydrogen-bond donors (Lipinski definition) is 0. The molecular formula is C24H22ClN3O. The van der Waals surface area contributed by atoms with E-state index in [0.29, 0.717) is 18.0 Å². The molecular weight excluding hydrogens is 382 g/mol. The number of rotatable bonds is 5. The number of carbonyl (C=O) groups is 1. The fraction of sp³-hybridized carbons (Fsp3) is 0.333. The lowest BCUT2D eigenvalue weighted by Crippen LogP contribution is -2.45. The van der Waals surface area contributed by atoms with Crippen LogP contribution in [0.25, 0.3) is 10.9 Å². The highest BCUT2D eigenvalue weighted by atomic mass is 35.5. The highest BCUT2D eigenvalue weighted by Gasteiger charge is 2.54. The minimum absolute atomic E-state index is 0.233. The molecule has 4 nitrogen and oxygen atoms in total. The number of aryl methyl sites for hydroxylation is 1. The summed E-state index contributed by atoms with van der Waals surface area (Å²) in [6, 6.07) is 18.5. The highest BCUT2D eigenvalue weighted by molar-refractivity contribution is 6.31. The summed E-state index contributed by atoms with van der Waals surface area (Å²) in [4.78, 5) is 15.4. The molecule has 5 heteroatoms. The van der Waals surface area contributed by atoms with Crippen molar-refractivity contribution >= 4 is 34.1 Å². The number of halogens is 1. The van der Waals surface area contributed by atoms with Crippen LogP contribution in [0.1, 0.15) is 43.4 Å². The minimum Gasteiger partial charge on any atom is -0.343 e. The van der Waals surface area contributed by atoms with Crippen LogP contribution in [-0.4, -0.2) is 10.5 Å². The van der Waals surface area contributed by atoms with Gasteiger partial charge in [-0.2, -0.15) is 5.26 Å². The van der Waals surface area contributed by atoms with Crippen LogP contribution in [0.15, 0.2) is 48.5 Å². The predicted octanol–water partition coefficient (Wildman–Crippen LogP) is 5.57. The topological polar surface area (TPSA) is 49.0 Å². The van der Waals surface area contributed by atoms with Gasteiger partial charge in [0, 0.05) is 40.3 Å². The van der Waals surface area contributed by atoms with E-state index in [0.717, 1.165) is 54.5 Å². The molecule has 3 aromatic rings. The second kappa shape index (κ2) is 6.93. The molecule has 1 amide bonds. The maximum atomic E-state index is 13.5. The van der Waals surface area contributed by atoms with Crippen LogP contribution >= 0.6 is 11.6 Å². The lowest BCUT2D eigenvalue weighted by molar-refractivity contribution is -0.126. The third-order valence-electron chi connectivity index (χ3n) is 6.51. The summed E-state index contributed by atoms with van der Waals surface area (Å²) in [5.41, 5.74) is 4.10. The number of unbranched alkanes of at least 4 members (excludes halogenated alkanes) is 1. The molecule has 1 aromatic heterocycles. The number of nitriles is 1. The second-order valence-corrected chi connectivity index (χ2v) is 8.53. The van der Waals surface area contributed by atoms with Gasteiger partial charge in [-0.3, -0.25) is 4.79 Å². The van der Waals surface area contributed by atoms with E-state index in [4.69, 9.17) is 16.9 Å². The lowest BCUT2D eigenvalue weighted by atomic mass is 9.65. The van der Waals surface area contributed by atoms with Crippen molar-refractivity contribution in [2.45, 2.75) is 50.6 Å². The second-order valence-electron chi connectivity index (χ2n) is 8.10. The number of amides is 1. The van der Waals surface area contributed by atoms with Crippen LogP contribution in [0.2, 0.25) is 5.02 Å². The van der Waals surface area contributed by atoms with Gasteiger partial charge in [0.25, 0.3) is 0 Å². The molecule has 2 heterocycles. The molecule has 29 heavy (non-hydrogen) atoms. The summed E-state index contributed by atoms with van der Waals surface area (Å²) < 4.78 is 2.24. The van der Waals surface area contributed by atoms with Gasteiger partial charge in [-0.25, -0.2) is 0 Å². The molecule has 2 aromatic carbocycles. The van der Waals surface area contributed by atoms with Gasteiger partial charge in [0.1, 0.15) is 0 Å². The van der Waals surface area contributed by atoms with Gasteiger partial charge in [-0.15, -0.1) is 0 Å². The Kier molecular flexibility index (Phi) is 4.37. The van der Waals surface area contributed by atoms with E-state index in [1.807, 2.05) is 35.2 Å². The molecule has 1 aliphatic carbocycles. The fourth-order valence-electron chi connectivity index (χ4n) is 4.94. The molecule has 0 atom stereocenters. The van der Waals surface area contributed by atoms with Crippen LogP contribution in [0.3, 0.4) is 0 Å². The minimum atomic E-state index is -0.308. The maximum absolute atomic E-state index is 13.5. The van der Waals surface area contributed by atoms with Gasteiger partial charge in [0.2, 0.25) is 5.91 Å². The Balaban J connectivity index is 1.56. The number of fused-ring (bicyclic) bond motifs is 3. The molecule has 0 bridgehead atoms. The normalized spacial score (nSPS) is 16.8. The van der Waals surface area contributed by atoms with Crippen LogP contribution in [0.5, 0.6) is 0 Å². The molecule has 2 aliphatic rings. The van der Waals surface area contributed by atoms with Gasteiger partial charge in [-0.05, 0) is 55.2 Å². The molecule has 1 fully saturated rings. The molecule has 1 spiro atoms. The maximum Gasteiger partial charge on any atom is 0.238 e. The fourth-order valence-corrected chi connectivity index (χ4v) is 5.12. The van der Waals surface area contributed by atoms with Crippen molar-refractivity contribution in [1.29, 1.82) is 5.26 Å². The smallest absolute Gasteiger partial charge is 0.238 e. The summed E-state index contributed by atoms with van der Waals surface area (Å²) in [6.45, 7) is 1.29. The van der Waals surface area contributed by atoms with Crippen molar-refractivity contribution < 1.29 is 4.79 Å². The molecule has 0 saturated heterocycles. The Labute approximate surface area is 175 Å². The predicted molar refractivity (Wildman–Crippen MR) is 115 cm³/mol. The number of nitrogens with zero attached hydrogens (tertiary/aromatic N) is 3. The summed E-state index contributed by atoms with van der Waals surface area (Å²) in [5, 5.41) is 10.7. The number of carbonyl (C=O) groups excluding carboxylic acids is 1. The van der Waals surface area contributed by atoms with E-state index < -0.39 is 0 Å². The first-order valence-electron chi connectivity index (χ1n) is 10.2. The lowest BCUT2D eigenvalue weighted by Gasteiger charge is -2.37. The standard InChI is InChI=1S/C24H22ClN3O/c25-18-8-9-21-17(14-18)15-19(27(21)13-4-3-12-26)16-28-22-7-2-1-6-20(22)24(23(28)29)10-5-11-24/h1-2,6-9,14-15H,3-5,10-11,13,16H2. The van der Waals surface area contributed by atoms with E-state index in [9.17, 15) is 4.79 Å². The average molecular weight is 404 g/mol. The Morgan fingerprint density at radius 1 is 1.14 bits per heavy atom. The Morgan fingerprint density at radius 2 is 1.97 bits per heavy atom. The SMILES string of the molecule is N#CCCCn1c(CN2C(=O)C3(CCC3)c3ccccc32)cc2cc(Cl)ccc21. The monoisotopic (exact) mass is 403 g/mol. The van der Waals surface area contributed by atoms with Crippen LogP contribution in [0, 0.1) is 11.3 Å². The van der Waals surface area contributed by atoms with E-state index in [-0.39, 0.29) is 11.3 Å². The van der Waals surface area contributed by atoms with Crippen molar-refractivity contribution in [3.05, 3.63) is 64.8 Å². The average Bonchev–Trinajstić information content (AvgIpc) is 3.14. The van der Waals surface area contributed by atoms with Gasteiger partial charge in [0.05, 0.1) is 18.0 Å². The summed E-state index contributed by atoms with van der Waals surface area (Å²) in [6.07, 6.45) is 4.30. The zero-order valence-electron chi connectivity index (χ0n) is 16.2. The van der Waals surface area contributed by atoms with Crippen molar-refractivity contribution in [3.63, 3.8) is 0 Å². The van der Waals surface area contributed by atoms with Crippen LogP contribution in [-0.2, 0) is 23.3 Å². The van der Waals surface area contributed by atoms with Gasteiger partial charge < -0.3 is 9.47 Å². The first-order chi connectivity index (χ1) is 14.1. The number of para-hydroxylation sites is 1. The third-order valence-corrected chi connectivity index (χ3v) is 6.75. The first-order valence-corrected chi connectivity index (χ1v) is 10.6. The van der Waals surface area contributed by atoms with Crippen molar-refractivity contribution in [2.24, 2.45) is 0 Å². The molecule has 0 unspecified atom stereocenters.